The van der Waals surface area contributed by atoms with Crippen LogP contribution in [0.1, 0.15) is 402 Å². The summed E-state index contributed by atoms with van der Waals surface area (Å²) in [6.45, 7) is 14.2. The van der Waals surface area contributed by atoms with E-state index in [0.717, 1.165) is 114 Å². The first-order valence-corrected chi connectivity index (χ1v) is 43.8. The van der Waals surface area contributed by atoms with Crippen molar-refractivity contribution < 1.29 is 80.2 Å². The van der Waals surface area contributed by atoms with Crippen LogP contribution in [0, 0.1) is 23.7 Å². The third-order valence-corrected chi connectivity index (χ3v) is 20.9. The molecule has 0 aromatic rings. The average molecular weight is 1440 g/mol. The van der Waals surface area contributed by atoms with Crippen LogP contribution in [0.3, 0.4) is 0 Å². The Kier molecular flexibility index (Phi) is 66.8. The summed E-state index contributed by atoms with van der Waals surface area (Å²) in [7, 11) is -9.91. The van der Waals surface area contributed by atoms with Crippen molar-refractivity contribution in [1.82, 2.24) is 0 Å². The lowest BCUT2D eigenvalue weighted by Gasteiger charge is -2.21. The summed E-state index contributed by atoms with van der Waals surface area (Å²) in [5.74, 6) is 0.945. The van der Waals surface area contributed by atoms with E-state index >= 15 is 0 Å². The minimum absolute atomic E-state index is 0.101. The standard InChI is InChI=1S/C79H154O17P2/c1-9-71(7)57-49-41-32-28-24-20-15-13-11-12-14-16-21-25-29-33-43-51-59-76(81)89-65-74(95-78(83)61-53-45-34-30-26-22-18-17-19-23-27-31-39-47-55-69(3)4)67-93-97(85,86)91-63-73(80)64-92-98(87,88)94-68-75(96-79(84)62-54-46-37-35-40-48-56-70(5)6)66-90-77(82)60-52-44-38-36-42-50-58-72(8)10-2/h69-75,80H,9-68H2,1-8H3,(H,85,86)(H,87,88)/t71?,72?,73-,74-,75-/m1/s1. The molecule has 0 fully saturated rings. The Morgan fingerprint density at radius 3 is 0.724 bits per heavy atom. The number of carbonyl (C=O) groups is 4. The van der Waals surface area contributed by atoms with Gasteiger partial charge in [0.05, 0.1) is 26.4 Å². The lowest BCUT2D eigenvalue weighted by molar-refractivity contribution is -0.161. The van der Waals surface area contributed by atoms with Gasteiger partial charge in [-0.25, -0.2) is 9.13 Å². The van der Waals surface area contributed by atoms with Crippen molar-refractivity contribution in [1.29, 1.82) is 0 Å². The van der Waals surface area contributed by atoms with Crippen molar-refractivity contribution in [2.24, 2.45) is 23.7 Å². The molecule has 0 radical (unpaired) electrons. The molecule has 0 aliphatic carbocycles. The van der Waals surface area contributed by atoms with Gasteiger partial charge in [-0.1, -0.05) is 351 Å². The highest BCUT2D eigenvalue weighted by Crippen LogP contribution is 2.45. The third kappa shape index (κ3) is 69.8. The first-order chi connectivity index (χ1) is 47.2. The molecule has 19 heteroatoms. The van der Waals surface area contributed by atoms with Crippen LogP contribution in [0.5, 0.6) is 0 Å². The summed E-state index contributed by atoms with van der Waals surface area (Å²) in [6, 6.07) is 0. The molecule has 0 saturated heterocycles. The van der Waals surface area contributed by atoms with Crippen LogP contribution in [0.4, 0.5) is 0 Å². The predicted molar refractivity (Wildman–Crippen MR) is 400 cm³/mol. The Hall–Kier alpha value is -1.94. The van der Waals surface area contributed by atoms with Crippen molar-refractivity contribution in [3.8, 4) is 0 Å². The Balaban J connectivity index is 5.17. The number of phosphoric acid groups is 2. The van der Waals surface area contributed by atoms with Gasteiger partial charge in [0.15, 0.2) is 12.2 Å². The van der Waals surface area contributed by atoms with Crippen molar-refractivity contribution in [3.05, 3.63) is 0 Å². The number of hydrogen-bond acceptors (Lipinski definition) is 15. The van der Waals surface area contributed by atoms with Crippen LogP contribution < -0.4 is 0 Å². The lowest BCUT2D eigenvalue weighted by Crippen LogP contribution is -2.30. The molecule has 0 amide bonds. The van der Waals surface area contributed by atoms with Gasteiger partial charge in [0.25, 0.3) is 0 Å². The molecule has 3 N–H and O–H groups in total. The van der Waals surface area contributed by atoms with Crippen LogP contribution in [0.15, 0.2) is 0 Å². The SMILES string of the molecule is CCC(C)CCCCCCCCCCCCCCCCCCCCC(=O)OC[C@H](COP(=O)(O)OC[C@@H](O)COP(=O)(O)OC[C@@H](COC(=O)CCCCCCCCC(C)CC)OC(=O)CCCCCCCCC(C)C)OC(=O)CCCCCCCCCCCCCCCCC(C)C. The number of carbonyl (C=O) groups excluding carboxylic acids is 4. The maximum absolute atomic E-state index is 13.1. The van der Waals surface area contributed by atoms with E-state index in [4.69, 9.17) is 37.0 Å². The summed E-state index contributed by atoms with van der Waals surface area (Å²) in [5.41, 5.74) is 0. The van der Waals surface area contributed by atoms with E-state index in [2.05, 4.69) is 55.4 Å². The summed E-state index contributed by atoms with van der Waals surface area (Å²) in [5, 5.41) is 10.6. The van der Waals surface area contributed by atoms with Gasteiger partial charge >= 0.3 is 39.5 Å². The van der Waals surface area contributed by atoms with E-state index in [1.165, 1.54) is 199 Å². The van der Waals surface area contributed by atoms with Crippen LogP contribution in [-0.2, 0) is 65.4 Å². The fourth-order valence-electron chi connectivity index (χ4n) is 12.0. The normalized spacial score (nSPS) is 14.6. The highest BCUT2D eigenvalue weighted by Gasteiger charge is 2.30. The predicted octanol–water partition coefficient (Wildman–Crippen LogP) is 23.2. The van der Waals surface area contributed by atoms with Crippen LogP contribution in [0.25, 0.3) is 0 Å². The molecule has 4 unspecified atom stereocenters. The summed E-state index contributed by atoms with van der Waals surface area (Å²) < 4.78 is 68.5. The zero-order valence-corrected chi connectivity index (χ0v) is 66.2. The van der Waals surface area contributed by atoms with E-state index in [0.29, 0.717) is 31.6 Å². The van der Waals surface area contributed by atoms with Crippen LogP contribution in [-0.4, -0.2) is 96.7 Å². The van der Waals surface area contributed by atoms with Gasteiger partial charge in [-0.15, -0.1) is 0 Å². The number of aliphatic hydroxyl groups excluding tert-OH is 1. The van der Waals surface area contributed by atoms with Gasteiger partial charge in [0.1, 0.15) is 19.3 Å². The van der Waals surface area contributed by atoms with E-state index in [1.807, 2.05) is 0 Å². The summed E-state index contributed by atoms with van der Waals surface area (Å²) >= 11 is 0. The topological polar surface area (TPSA) is 237 Å². The smallest absolute Gasteiger partial charge is 0.462 e. The first-order valence-electron chi connectivity index (χ1n) is 40.8. The Morgan fingerprint density at radius 1 is 0.286 bits per heavy atom. The van der Waals surface area contributed by atoms with Crippen molar-refractivity contribution >= 4 is 39.5 Å². The summed E-state index contributed by atoms with van der Waals surface area (Å²) in [6.07, 6.45) is 54.5. The van der Waals surface area contributed by atoms with Gasteiger partial charge in [0.2, 0.25) is 0 Å². The van der Waals surface area contributed by atoms with E-state index < -0.39 is 97.5 Å². The molecule has 0 rings (SSSR count). The largest absolute Gasteiger partial charge is 0.472 e. The Labute approximate surface area is 600 Å². The minimum atomic E-state index is -4.96. The van der Waals surface area contributed by atoms with Gasteiger partial charge in [-0.3, -0.25) is 37.3 Å². The molecule has 0 bridgehead atoms. The molecule has 7 atom stereocenters. The van der Waals surface area contributed by atoms with E-state index in [-0.39, 0.29) is 25.7 Å². The highest BCUT2D eigenvalue weighted by atomic mass is 31.2. The molecule has 0 saturated carbocycles. The first kappa shape index (κ1) is 96.1. The molecule has 0 aliphatic rings. The van der Waals surface area contributed by atoms with Crippen molar-refractivity contribution in [3.63, 3.8) is 0 Å². The van der Waals surface area contributed by atoms with Gasteiger partial charge in [-0.2, -0.15) is 0 Å². The molecule has 98 heavy (non-hydrogen) atoms. The zero-order valence-electron chi connectivity index (χ0n) is 64.4. The number of esters is 4. The fourth-order valence-corrected chi connectivity index (χ4v) is 13.6. The molecule has 17 nitrogen and oxygen atoms in total. The molecule has 0 spiro atoms. The lowest BCUT2D eigenvalue weighted by atomic mass is 9.99. The van der Waals surface area contributed by atoms with E-state index in [9.17, 15) is 43.2 Å². The second kappa shape index (κ2) is 68.2. The van der Waals surface area contributed by atoms with Crippen molar-refractivity contribution in [2.45, 2.75) is 420 Å². The Bertz CT molecular complexity index is 1920. The van der Waals surface area contributed by atoms with Crippen LogP contribution in [0.2, 0.25) is 0 Å². The average Bonchev–Trinajstić information content (AvgIpc) is 1.11. The third-order valence-electron chi connectivity index (χ3n) is 19.0. The molecular weight excluding hydrogens is 1280 g/mol. The second-order valence-corrected chi connectivity index (χ2v) is 32.8. The maximum atomic E-state index is 13.1. The minimum Gasteiger partial charge on any atom is -0.462 e. The monoisotopic (exact) mass is 1440 g/mol. The van der Waals surface area contributed by atoms with Gasteiger partial charge < -0.3 is 33.8 Å². The van der Waals surface area contributed by atoms with Crippen LogP contribution >= 0.6 is 15.6 Å². The molecule has 0 aromatic heterocycles. The number of ether oxygens (including phenoxy) is 4. The molecule has 0 heterocycles. The highest BCUT2D eigenvalue weighted by molar-refractivity contribution is 7.47. The number of rotatable bonds is 76. The number of unbranched alkanes of at least 4 members (excludes halogenated alkanes) is 40. The zero-order chi connectivity index (χ0) is 72.4. The molecular formula is C79H154O17P2. The number of aliphatic hydroxyl groups is 1. The molecule has 0 aromatic carbocycles. The van der Waals surface area contributed by atoms with Gasteiger partial charge in [-0.05, 0) is 49.4 Å². The molecule has 582 valence electrons. The maximum Gasteiger partial charge on any atom is 0.472 e. The molecule has 0 aliphatic heterocycles. The Morgan fingerprint density at radius 2 is 0.490 bits per heavy atom. The fraction of sp³-hybridized carbons (Fsp3) is 0.949. The van der Waals surface area contributed by atoms with Crippen molar-refractivity contribution in [2.75, 3.05) is 39.6 Å². The number of phosphoric ester groups is 2. The quantitative estimate of drug-likeness (QED) is 0.0222. The summed E-state index contributed by atoms with van der Waals surface area (Å²) in [4.78, 5) is 72.8. The second-order valence-electron chi connectivity index (χ2n) is 29.9. The number of hydrogen-bond donors (Lipinski definition) is 3. The van der Waals surface area contributed by atoms with Gasteiger partial charge in [0, 0.05) is 25.7 Å². The van der Waals surface area contributed by atoms with E-state index in [1.54, 1.807) is 0 Å².